The second-order valence-corrected chi connectivity index (χ2v) is 8.47. The lowest BCUT2D eigenvalue weighted by Crippen LogP contribution is -2.48. The molecule has 98 valence electrons. The standard InChI is InChI=1S/C15H20BrNS/c16-12-1-2-18-15(12)14(17)13-10-4-8-3-9(6-10)7-11(13)5-8/h1-2,8-11,13-14H,3-7,17H2. The Morgan fingerprint density at radius 1 is 1.11 bits per heavy atom. The van der Waals surface area contributed by atoms with Gasteiger partial charge in [0, 0.05) is 15.4 Å². The van der Waals surface area contributed by atoms with E-state index >= 15 is 0 Å². The molecule has 1 unspecified atom stereocenters. The molecule has 1 aromatic rings. The first kappa shape index (κ1) is 11.9. The van der Waals surface area contributed by atoms with Crippen molar-refractivity contribution in [2.45, 2.75) is 38.1 Å². The van der Waals surface area contributed by atoms with Crippen molar-refractivity contribution in [1.82, 2.24) is 0 Å². The van der Waals surface area contributed by atoms with Gasteiger partial charge in [0.25, 0.3) is 0 Å². The van der Waals surface area contributed by atoms with Crippen molar-refractivity contribution in [3.8, 4) is 0 Å². The van der Waals surface area contributed by atoms with E-state index in [1.54, 1.807) is 0 Å². The number of halogens is 1. The van der Waals surface area contributed by atoms with Crippen LogP contribution in [0.4, 0.5) is 0 Å². The zero-order chi connectivity index (χ0) is 12.3. The van der Waals surface area contributed by atoms with E-state index in [1.165, 1.54) is 41.5 Å². The average Bonchev–Trinajstić information content (AvgIpc) is 2.73. The van der Waals surface area contributed by atoms with E-state index < -0.39 is 0 Å². The molecule has 0 aliphatic heterocycles. The van der Waals surface area contributed by atoms with Gasteiger partial charge < -0.3 is 5.73 Å². The molecule has 4 aliphatic rings. The van der Waals surface area contributed by atoms with Crippen LogP contribution < -0.4 is 5.73 Å². The normalized spacial score (nSPS) is 43.3. The monoisotopic (exact) mass is 325 g/mol. The zero-order valence-electron chi connectivity index (χ0n) is 10.5. The summed E-state index contributed by atoms with van der Waals surface area (Å²) in [6, 6.07) is 2.42. The van der Waals surface area contributed by atoms with Crippen LogP contribution in [0.15, 0.2) is 15.9 Å². The molecule has 1 aromatic heterocycles. The Morgan fingerprint density at radius 2 is 1.72 bits per heavy atom. The minimum atomic E-state index is 0.273. The third-order valence-electron chi connectivity index (χ3n) is 5.66. The van der Waals surface area contributed by atoms with E-state index in [9.17, 15) is 0 Å². The predicted octanol–water partition coefficient (Wildman–Crippen LogP) is 4.58. The number of thiophene rings is 1. The Kier molecular flexibility index (Phi) is 2.86. The Balaban J connectivity index is 1.63. The molecular formula is C15H20BrNS. The highest BCUT2D eigenvalue weighted by molar-refractivity contribution is 9.10. The van der Waals surface area contributed by atoms with E-state index in [0.717, 1.165) is 29.6 Å². The average molecular weight is 326 g/mol. The van der Waals surface area contributed by atoms with E-state index in [4.69, 9.17) is 5.73 Å². The number of hydrogen-bond donors (Lipinski definition) is 1. The summed E-state index contributed by atoms with van der Waals surface area (Å²) < 4.78 is 1.23. The number of nitrogens with two attached hydrogens (primary N) is 1. The van der Waals surface area contributed by atoms with Crippen LogP contribution in [-0.4, -0.2) is 0 Å². The molecule has 0 saturated heterocycles. The van der Waals surface area contributed by atoms with Crippen LogP contribution in [0.25, 0.3) is 0 Å². The van der Waals surface area contributed by atoms with Gasteiger partial charge in [0.1, 0.15) is 0 Å². The van der Waals surface area contributed by atoms with Crippen molar-refractivity contribution < 1.29 is 0 Å². The lowest BCUT2D eigenvalue weighted by atomic mass is 9.50. The predicted molar refractivity (Wildman–Crippen MR) is 79.5 cm³/mol. The molecule has 4 saturated carbocycles. The molecule has 4 bridgehead atoms. The molecule has 1 heterocycles. The van der Waals surface area contributed by atoms with E-state index in [-0.39, 0.29) is 6.04 Å². The summed E-state index contributed by atoms with van der Waals surface area (Å²) in [5.74, 6) is 4.69. The van der Waals surface area contributed by atoms with Gasteiger partial charge in [0.2, 0.25) is 0 Å². The first-order chi connectivity index (χ1) is 8.72. The SMILES string of the molecule is NC(c1sccc1Br)C1C2CC3CC(C2)CC1C3. The summed E-state index contributed by atoms with van der Waals surface area (Å²) in [6.07, 6.45) is 7.39. The van der Waals surface area contributed by atoms with Crippen molar-refractivity contribution in [2.75, 3.05) is 0 Å². The molecule has 18 heavy (non-hydrogen) atoms. The van der Waals surface area contributed by atoms with E-state index in [0.29, 0.717) is 0 Å². The first-order valence-electron chi connectivity index (χ1n) is 7.21. The van der Waals surface area contributed by atoms with Gasteiger partial charge in [-0.1, -0.05) is 0 Å². The molecule has 4 fully saturated rings. The second kappa shape index (κ2) is 4.32. The Labute approximate surface area is 121 Å². The molecule has 0 spiro atoms. The van der Waals surface area contributed by atoms with Gasteiger partial charge in [0.05, 0.1) is 0 Å². The van der Waals surface area contributed by atoms with Crippen LogP contribution in [0.3, 0.4) is 0 Å². The maximum atomic E-state index is 6.65. The van der Waals surface area contributed by atoms with Crippen molar-refractivity contribution >= 4 is 27.3 Å². The molecule has 4 aliphatic carbocycles. The van der Waals surface area contributed by atoms with Crippen molar-refractivity contribution in [3.05, 3.63) is 20.8 Å². The Bertz CT molecular complexity index is 427. The summed E-state index contributed by atoms with van der Waals surface area (Å²) in [6.45, 7) is 0. The maximum Gasteiger partial charge on any atom is 0.0435 e. The van der Waals surface area contributed by atoms with Crippen LogP contribution in [0.1, 0.15) is 43.0 Å². The van der Waals surface area contributed by atoms with Crippen molar-refractivity contribution in [2.24, 2.45) is 35.3 Å². The van der Waals surface area contributed by atoms with Gasteiger partial charge in [-0.2, -0.15) is 0 Å². The fourth-order valence-corrected chi connectivity index (χ4v) is 6.97. The van der Waals surface area contributed by atoms with Crippen molar-refractivity contribution in [3.63, 3.8) is 0 Å². The Hall–Kier alpha value is 0.140. The second-order valence-electron chi connectivity index (χ2n) is 6.67. The number of rotatable bonds is 2. The van der Waals surface area contributed by atoms with Gasteiger partial charge in [-0.3, -0.25) is 0 Å². The molecule has 0 aromatic carbocycles. The molecule has 0 radical (unpaired) electrons. The van der Waals surface area contributed by atoms with Gasteiger partial charge >= 0.3 is 0 Å². The van der Waals surface area contributed by atoms with Gasteiger partial charge in [-0.25, -0.2) is 0 Å². The first-order valence-corrected chi connectivity index (χ1v) is 8.88. The van der Waals surface area contributed by atoms with Gasteiger partial charge in [0.15, 0.2) is 0 Å². The van der Waals surface area contributed by atoms with Crippen LogP contribution in [0.2, 0.25) is 0 Å². The minimum absolute atomic E-state index is 0.273. The number of hydrogen-bond acceptors (Lipinski definition) is 2. The minimum Gasteiger partial charge on any atom is -0.323 e. The molecule has 2 N–H and O–H groups in total. The lowest BCUT2D eigenvalue weighted by molar-refractivity contribution is -0.0468. The van der Waals surface area contributed by atoms with Crippen LogP contribution in [0, 0.1) is 29.6 Å². The highest BCUT2D eigenvalue weighted by Gasteiger charge is 2.50. The summed E-state index contributed by atoms with van der Waals surface area (Å²) in [5, 5.41) is 2.16. The van der Waals surface area contributed by atoms with E-state index in [2.05, 4.69) is 27.4 Å². The van der Waals surface area contributed by atoms with Crippen LogP contribution >= 0.6 is 27.3 Å². The van der Waals surface area contributed by atoms with Gasteiger partial charge in [-0.05, 0) is 89.1 Å². The largest absolute Gasteiger partial charge is 0.323 e. The lowest BCUT2D eigenvalue weighted by Gasteiger charge is -2.56. The third-order valence-corrected chi connectivity index (χ3v) is 7.63. The smallest absolute Gasteiger partial charge is 0.0435 e. The molecule has 1 atom stereocenters. The highest BCUT2D eigenvalue weighted by atomic mass is 79.9. The summed E-state index contributed by atoms with van der Waals surface area (Å²) in [4.78, 5) is 1.38. The molecule has 1 nitrogen and oxygen atoms in total. The fraction of sp³-hybridized carbons (Fsp3) is 0.733. The fourth-order valence-electron chi connectivity index (χ4n) is 5.27. The van der Waals surface area contributed by atoms with Crippen molar-refractivity contribution in [1.29, 1.82) is 0 Å². The van der Waals surface area contributed by atoms with Crippen LogP contribution in [-0.2, 0) is 0 Å². The Morgan fingerprint density at radius 3 is 2.22 bits per heavy atom. The van der Waals surface area contributed by atoms with Crippen LogP contribution in [0.5, 0.6) is 0 Å². The third kappa shape index (κ3) is 1.74. The molecule has 5 rings (SSSR count). The highest BCUT2D eigenvalue weighted by Crippen LogP contribution is 2.59. The molecule has 0 amide bonds. The quantitative estimate of drug-likeness (QED) is 0.846. The summed E-state index contributed by atoms with van der Waals surface area (Å²) in [7, 11) is 0. The summed E-state index contributed by atoms with van der Waals surface area (Å²) in [5.41, 5.74) is 6.65. The van der Waals surface area contributed by atoms with E-state index in [1.807, 2.05) is 11.3 Å². The van der Waals surface area contributed by atoms with Gasteiger partial charge in [-0.15, -0.1) is 11.3 Å². The maximum absolute atomic E-state index is 6.65. The molecule has 3 heteroatoms. The topological polar surface area (TPSA) is 26.0 Å². The molecular weight excluding hydrogens is 306 g/mol. The zero-order valence-corrected chi connectivity index (χ0v) is 12.9. The summed E-state index contributed by atoms with van der Waals surface area (Å²) >= 11 is 5.49.